The Hall–Kier alpha value is -0.420. The lowest BCUT2D eigenvalue weighted by Crippen LogP contribution is -2.31. The van der Waals surface area contributed by atoms with Gasteiger partial charge in [-0.25, -0.2) is 8.78 Å². The van der Waals surface area contributed by atoms with Crippen molar-refractivity contribution in [2.75, 3.05) is 7.11 Å². The molecule has 0 bridgehead atoms. The Morgan fingerprint density at radius 2 is 2.00 bits per heavy atom. The van der Waals surface area contributed by atoms with Gasteiger partial charge in [0.25, 0.3) is 0 Å². The summed E-state index contributed by atoms with van der Waals surface area (Å²) in [5.41, 5.74) is 5.17. The molecule has 0 amide bonds. The average molecular weight is 204 g/mol. The molecule has 0 aromatic carbocycles. The number of methoxy groups -OCH3 is 1. The molecule has 0 rings (SSSR count). The van der Waals surface area contributed by atoms with Crippen LogP contribution in [-0.4, -0.2) is 25.5 Å². The van der Waals surface area contributed by atoms with Gasteiger partial charge >= 0.3 is 5.97 Å². The molecule has 0 saturated heterocycles. The number of rotatable bonds is 4. The molecule has 0 radical (unpaired) electrons. The van der Waals surface area contributed by atoms with Crippen LogP contribution in [0.15, 0.2) is 0 Å². The van der Waals surface area contributed by atoms with Crippen molar-refractivity contribution in [2.24, 2.45) is 5.73 Å². The zero-order valence-electron chi connectivity index (χ0n) is 6.63. The van der Waals surface area contributed by atoms with E-state index in [1.54, 1.807) is 0 Å². The van der Waals surface area contributed by atoms with Crippen LogP contribution in [0, 0.1) is 0 Å². The molecule has 6 heteroatoms. The zero-order chi connectivity index (χ0) is 8.85. The van der Waals surface area contributed by atoms with Gasteiger partial charge in [-0.15, -0.1) is 12.4 Å². The van der Waals surface area contributed by atoms with E-state index in [0.717, 1.165) is 0 Å². The fraction of sp³-hybridized carbons (Fsp3) is 0.833. The van der Waals surface area contributed by atoms with Gasteiger partial charge in [-0.05, 0) is 6.42 Å². The van der Waals surface area contributed by atoms with Crippen molar-refractivity contribution in [2.45, 2.75) is 25.3 Å². The molecule has 0 aliphatic carbocycles. The Balaban J connectivity index is 0. The van der Waals surface area contributed by atoms with E-state index < -0.39 is 18.4 Å². The lowest BCUT2D eigenvalue weighted by molar-refractivity contribution is -0.142. The van der Waals surface area contributed by atoms with Gasteiger partial charge < -0.3 is 10.5 Å². The molecule has 0 spiro atoms. The minimum absolute atomic E-state index is 0. The van der Waals surface area contributed by atoms with Gasteiger partial charge in [0, 0.05) is 6.42 Å². The Morgan fingerprint density at radius 3 is 2.33 bits per heavy atom. The Morgan fingerprint density at radius 1 is 1.50 bits per heavy atom. The summed E-state index contributed by atoms with van der Waals surface area (Å²) in [6.45, 7) is 0. The van der Waals surface area contributed by atoms with Gasteiger partial charge in [0.05, 0.1) is 7.11 Å². The first-order valence-electron chi connectivity index (χ1n) is 3.19. The van der Waals surface area contributed by atoms with Gasteiger partial charge in [0.15, 0.2) is 0 Å². The average Bonchev–Trinajstić information content (AvgIpc) is 1.98. The normalized spacial score (nSPS) is 12.1. The van der Waals surface area contributed by atoms with Crippen LogP contribution in [0.3, 0.4) is 0 Å². The summed E-state index contributed by atoms with van der Waals surface area (Å²) in [5.74, 6) is -0.648. The highest BCUT2D eigenvalue weighted by Crippen LogP contribution is 2.05. The topological polar surface area (TPSA) is 52.3 Å². The molecule has 0 fully saturated rings. The second-order valence-electron chi connectivity index (χ2n) is 2.10. The molecular weight excluding hydrogens is 192 g/mol. The highest BCUT2D eigenvalue weighted by atomic mass is 35.5. The lowest BCUT2D eigenvalue weighted by Gasteiger charge is -2.07. The summed E-state index contributed by atoms with van der Waals surface area (Å²) in [6, 6.07) is -0.922. The van der Waals surface area contributed by atoms with Crippen molar-refractivity contribution >= 4 is 18.4 Å². The molecule has 0 aliphatic heterocycles. The molecule has 0 aromatic rings. The van der Waals surface area contributed by atoms with Gasteiger partial charge in [-0.1, -0.05) is 0 Å². The van der Waals surface area contributed by atoms with E-state index >= 15 is 0 Å². The number of carbonyl (C=O) groups excluding carboxylic acids is 1. The van der Waals surface area contributed by atoms with Crippen molar-refractivity contribution < 1.29 is 18.3 Å². The van der Waals surface area contributed by atoms with Gasteiger partial charge in [0.2, 0.25) is 6.43 Å². The Kier molecular flexibility index (Phi) is 8.52. The van der Waals surface area contributed by atoms with Crippen LogP contribution in [-0.2, 0) is 9.53 Å². The number of carbonyl (C=O) groups is 1. The predicted molar refractivity (Wildman–Crippen MR) is 42.5 cm³/mol. The fourth-order valence-electron chi connectivity index (χ4n) is 0.575. The molecule has 0 aromatic heterocycles. The summed E-state index contributed by atoms with van der Waals surface area (Å²) < 4.78 is 27.3. The third kappa shape index (κ3) is 6.30. The van der Waals surface area contributed by atoms with Crippen molar-refractivity contribution in [3.05, 3.63) is 0 Å². The quantitative estimate of drug-likeness (QED) is 0.693. The number of ether oxygens (including phenoxy) is 1. The first-order valence-corrected chi connectivity index (χ1v) is 3.19. The number of hydrogen-bond acceptors (Lipinski definition) is 3. The summed E-state index contributed by atoms with van der Waals surface area (Å²) in [4.78, 5) is 10.5. The van der Waals surface area contributed by atoms with E-state index in [2.05, 4.69) is 4.74 Å². The van der Waals surface area contributed by atoms with Gasteiger partial charge in [-0.2, -0.15) is 0 Å². The molecule has 2 N–H and O–H groups in total. The van der Waals surface area contributed by atoms with Gasteiger partial charge in [-0.3, -0.25) is 4.79 Å². The number of nitrogens with two attached hydrogens (primary N) is 1. The second-order valence-corrected chi connectivity index (χ2v) is 2.10. The lowest BCUT2D eigenvalue weighted by atomic mass is 10.2. The molecule has 0 unspecified atom stereocenters. The van der Waals surface area contributed by atoms with E-state index in [9.17, 15) is 13.6 Å². The minimum Gasteiger partial charge on any atom is -0.468 e. The van der Waals surface area contributed by atoms with E-state index in [4.69, 9.17) is 5.73 Å². The van der Waals surface area contributed by atoms with Crippen molar-refractivity contribution in [1.82, 2.24) is 0 Å². The molecule has 74 valence electrons. The molecule has 0 aliphatic rings. The minimum atomic E-state index is -2.41. The largest absolute Gasteiger partial charge is 0.468 e. The number of halogens is 3. The number of hydrogen-bond donors (Lipinski definition) is 1. The standard InChI is InChI=1S/C6H11F2NO2.ClH/c1-11-6(10)4(9)2-3-5(7)8;/h4-5H,2-3,9H2,1H3;1H/t4-;/m0./s1. The molecule has 12 heavy (non-hydrogen) atoms. The maximum Gasteiger partial charge on any atom is 0.322 e. The third-order valence-electron chi connectivity index (χ3n) is 1.20. The summed E-state index contributed by atoms with van der Waals surface area (Å²) in [6.07, 6.45) is -2.81. The highest BCUT2D eigenvalue weighted by Gasteiger charge is 2.15. The van der Waals surface area contributed by atoms with Crippen molar-refractivity contribution in [3.63, 3.8) is 0 Å². The SMILES string of the molecule is COC(=O)[C@@H](N)CCC(F)F.Cl. The first kappa shape index (κ1) is 14.1. The van der Waals surface area contributed by atoms with E-state index in [0.29, 0.717) is 0 Å². The smallest absolute Gasteiger partial charge is 0.322 e. The van der Waals surface area contributed by atoms with Crippen molar-refractivity contribution in [1.29, 1.82) is 0 Å². The molecular formula is C6H12ClF2NO2. The second kappa shape index (κ2) is 7.24. The summed E-state index contributed by atoms with van der Waals surface area (Å²) >= 11 is 0. The third-order valence-corrected chi connectivity index (χ3v) is 1.20. The molecule has 0 saturated carbocycles. The molecule has 0 heterocycles. The van der Waals surface area contributed by atoms with E-state index in [-0.39, 0.29) is 25.2 Å². The summed E-state index contributed by atoms with van der Waals surface area (Å²) in [7, 11) is 1.17. The molecule has 1 atom stereocenters. The number of esters is 1. The zero-order valence-corrected chi connectivity index (χ0v) is 7.44. The van der Waals surface area contributed by atoms with Crippen LogP contribution in [0.4, 0.5) is 8.78 Å². The van der Waals surface area contributed by atoms with E-state index in [1.807, 2.05) is 0 Å². The van der Waals surface area contributed by atoms with Crippen molar-refractivity contribution in [3.8, 4) is 0 Å². The maximum absolute atomic E-state index is 11.6. The van der Waals surface area contributed by atoms with E-state index in [1.165, 1.54) is 7.11 Å². The number of alkyl halides is 2. The Labute approximate surface area is 75.7 Å². The van der Waals surface area contributed by atoms with Crippen LogP contribution in [0.2, 0.25) is 0 Å². The molecule has 3 nitrogen and oxygen atoms in total. The highest BCUT2D eigenvalue weighted by molar-refractivity contribution is 5.85. The maximum atomic E-state index is 11.6. The first-order chi connectivity index (χ1) is 5.07. The van der Waals surface area contributed by atoms with Crippen LogP contribution in [0.1, 0.15) is 12.8 Å². The predicted octanol–water partition coefficient (Wildman–Crippen LogP) is 0.954. The van der Waals surface area contributed by atoms with Crippen LogP contribution < -0.4 is 5.73 Å². The van der Waals surface area contributed by atoms with Crippen LogP contribution in [0.5, 0.6) is 0 Å². The van der Waals surface area contributed by atoms with Crippen LogP contribution in [0.25, 0.3) is 0 Å². The Bertz CT molecular complexity index is 135. The summed E-state index contributed by atoms with van der Waals surface area (Å²) in [5, 5.41) is 0. The van der Waals surface area contributed by atoms with Gasteiger partial charge in [0.1, 0.15) is 6.04 Å². The monoisotopic (exact) mass is 203 g/mol. The fourth-order valence-corrected chi connectivity index (χ4v) is 0.575. The van der Waals surface area contributed by atoms with Crippen LogP contribution >= 0.6 is 12.4 Å².